The van der Waals surface area contributed by atoms with Crippen LogP contribution in [-0.2, 0) is 14.3 Å². The molecule has 0 unspecified atom stereocenters. The van der Waals surface area contributed by atoms with Crippen molar-refractivity contribution >= 4 is 23.5 Å². The number of benzene rings is 2. The highest BCUT2D eigenvalue weighted by atomic mass is 35.5. The van der Waals surface area contributed by atoms with Crippen LogP contribution in [0.3, 0.4) is 0 Å². The molecule has 1 saturated heterocycles. The van der Waals surface area contributed by atoms with Gasteiger partial charge in [0.25, 0.3) is 0 Å². The van der Waals surface area contributed by atoms with E-state index in [0.717, 1.165) is 17.7 Å². The zero-order valence-electron chi connectivity index (χ0n) is 17.0. The fourth-order valence-corrected chi connectivity index (χ4v) is 4.07. The summed E-state index contributed by atoms with van der Waals surface area (Å²) in [5.41, 5.74) is 0.171. The summed E-state index contributed by atoms with van der Waals surface area (Å²) in [6, 6.07) is 8.77. The van der Waals surface area contributed by atoms with Gasteiger partial charge in [-0.25, -0.2) is 13.6 Å². The van der Waals surface area contributed by atoms with Gasteiger partial charge in [0.15, 0.2) is 18.2 Å². The van der Waals surface area contributed by atoms with Crippen LogP contribution in [0.4, 0.5) is 8.78 Å². The van der Waals surface area contributed by atoms with Gasteiger partial charge in [-0.15, -0.1) is 0 Å². The summed E-state index contributed by atoms with van der Waals surface area (Å²) in [6.07, 6.45) is -0.681. The van der Waals surface area contributed by atoms with Crippen molar-refractivity contribution in [3.63, 3.8) is 0 Å². The highest BCUT2D eigenvalue weighted by molar-refractivity contribution is 6.30. The molecular formula is C22H22ClF2NO5. The predicted molar refractivity (Wildman–Crippen MR) is 109 cm³/mol. The first-order valence-electron chi connectivity index (χ1n) is 9.59. The van der Waals surface area contributed by atoms with Crippen LogP contribution >= 0.6 is 11.6 Å². The van der Waals surface area contributed by atoms with E-state index in [2.05, 4.69) is 5.32 Å². The first kappa shape index (κ1) is 23.0. The molecule has 1 aliphatic heterocycles. The summed E-state index contributed by atoms with van der Waals surface area (Å²) >= 11 is 6.12. The number of ether oxygens (including phenoxy) is 2. The first-order valence-corrected chi connectivity index (χ1v) is 9.97. The minimum atomic E-state index is -1.26. The second-order valence-corrected chi connectivity index (χ2v) is 8.24. The number of nitrogens with one attached hydrogen (secondary N) is 1. The van der Waals surface area contributed by atoms with Crippen molar-refractivity contribution in [1.29, 1.82) is 0 Å². The van der Waals surface area contributed by atoms with E-state index in [1.807, 2.05) is 13.0 Å². The molecule has 0 aliphatic carbocycles. The van der Waals surface area contributed by atoms with E-state index in [9.17, 15) is 18.4 Å². The normalized spacial score (nSPS) is 23.3. The molecule has 1 amide bonds. The van der Waals surface area contributed by atoms with E-state index in [4.69, 9.17) is 26.2 Å². The molecule has 1 fully saturated rings. The van der Waals surface area contributed by atoms with Crippen LogP contribution in [-0.4, -0.2) is 29.1 Å². The van der Waals surface area contributed by atoms with Crippen molar-refractivity contribution in [3.05, 3.63) is 64.2 Å². The van der Waals surface area contributed by atoms with Gasteiger partial charge in [-0.2, -0.15) is 0 Å². The van der Waals surface area contributed by atoms with E-state index in [0.29, 0.717) is 11.4 Å². The standard InChI is InChI=1S/C22H22ClF2NO5/c1-12(27)26-22(2)9-19(13-4-3-5-14(23)6-13)31-20(10-22)15-7-16(24)17(25)8-18(15)30-11-21(28)29/h3-8,19-20H,9-11H2,1-2H3,(H,26,27)(H,28,29)/t19-,20+,22-/m0/s1. The molecule has 1 heterocycles. The largest absolute Gasteiger partial charge is 0.481 e. The monoisotopic (exact) mass is 453 g/mol. The van der Waals surface area contributed by atoms with Gasteiger partial charge < -0.3 is 19.9 Å². The molecule has 0 aromatic heterocycles. The van der Waals surface area contributed by atoms with Crippen LogP contribution in [0.5, 0.6) is 5.75 Å². The Morgan fingerprint density at radius 1 is 1.23 bits per heavy atom. The number of carboxylic acids is 1. The molecule has 166 valence electrons. The zero-order valence-corrected chi connectivity index (χ0v) is 17.7. The molecular weight excluding hydrogens is 432 g/mol. The molecule has 3 rings (SSSR count). The van der Waals surface area contributed by atoms with Gasteiger partial charge in [-0.05, 0) is 30.7 Å². The SMILES string of the molecule is CC(=O)N[C@@]1(C)C[C@@H](c2cccc(Cl)c2)O[C@@H](c2cc(F)c(F)cc2OCC(=O)O)C1. The number of halogens is 3. The Morgan fingerprint density at radius 2 is 1.90 bits per heavy atom. The third-order valence-electron chi connectivity index (χ3n) is 5.05. The maximum atomic E-state index is 14.1. The van der Waals surface area contributed by atoms with Crippen molar-refractivity contribution in [2.24, 2.45) is 0 Å². The fraction of sp³-hybridized carbons (Fsp3) is 0.364. The first-order chi connectivity index (χ1) is 14.6. The lowest BCUT2D eigenvalue weighted by Gasteiger charge is -2.43. The van der Waals surface area contributed by atoms with Crippen molar-refractivity contribution in [2.45, 2.75) is 44.4 Å². The summed E-state index contributed by atoms with van der Waals surface area (Å²) in [7, 11) is 0. The van der Waals surface area contributed by atoms with Crippen LogP contribution in [0.15, 0.2) is 36.4 Å². The number of hydrogen-bond donors (Lipinski definition) is 2. The van der Waals surface area contributed by atoms with E-state index in [1.54, 1.807) is 18.2 Å². The molecule has 0 bridgehead atoms. The Hall–Kier alpha value is -2.71. The Balaban J connectivity index is 2.03. The van der Waals surface area contributed by atoms with Gasteiger partial charge in [-0.1, -0.05) is 23.7 Å². The average molecular weight is 454 g/mol. The molecule has 1 aliphatic rings. The van der Waals surface area contributed by atoms with Crippen molar-refractivity contribution in [1.82, 2.24) is 5.32 Å². The molecule has 31 heavy (non-hydrogen) atoms. The van der Waals surface area contributed by atoms with Gasteiger partial charge in [0, 0.05) is 42.0 Å². The van der Waals surface area contributed by atoms with E-state index in [-0.39, 0.29) is 23.6 Å². The fourth-order valence-electron chi connectivity index (χ4n) is 3.87. The summed E-state index contributed by atoms with van der Waals surface area (Å²) in [5.74, 6) is -3.94. The van der Waals surface area contributed by atoms with Gasteiger partial charge in [-0.3, -0.25) is 4.79 Å². The molecule has 2 aromatic carbocycles. The topological polar surface area (TPSA) is 84.9 Å². The molecule has 2 N–H and O–H groups in total. The molecule has 0 radical (unpaired) electrons. The molecule has 6 nitrogen and oxygen atoms in total. The summed E-state index contributed by atoms with van der Waals surface area (Å²) in [6.45, 7) is 2.49. The van der Waals surface area contributed by atoms with E-state index >= 15 is 0 Å². The Morgan fingerprint density at radius 3 is 2.55 bits per heavy atom. The summed E-state index contributed by atoms with van der Waals surface area (Å²) in [4.78, 5) is 22.7. The molecule has 9 heteroatoms. The van der Waals surface area contributed by atoms with Crippen LogP contribution in [0.25, 0.3) is 0 Å². The number of aliphatic carboxylic acids is 1. The number of carbonyl (C=O) groups is 2. The van der Waals surface area contributed by atoms with Gasteiger partial charge >= 0.3 is 5.97 Å². The Labute approximate surface area is 183 Å². The molecule has 0 saturated carbocycles. The predicted octanol–water partition coefficient (Wildman–Crippen LogP) is 4.57. The number of hydrogen-bond acceptors (Lipinski definition) is 4. The lowest BCUT2D eigenvalue weighted by atomic mass is 9.81. The second-order valence-electron chi connectivity index (χ2n) is 7.81. The quantitative estimate of drug-likeness (QED) is 0.669. The van der Waals surface area contributed by atoms with Gasteiger partial charge in [0.1, 0.15) is 5.75 Å². The van der Waals surface area contributed by atoms with Gasteiger partial charge in [0.05, 0.1) is 12.2 Å². The second kappa shape index (κ2) is 9.20. The average Bonchev–Trinajstić information content (AvgIpc) is 2.67. The minimum absolute atomic E-state index is 0.136. The highest BCUT2D eigenvalue weighted by Gasteiger charge is 2.41. The number of amides is 1. The van der Waals surface area contributed by atoms with Crippen molar-refractivity contribution < 1.29 is 33.0 Å². The number of rotatable bonds is 6. The third-order valence-corrected chi connectivity index (χ3v) is 5.28. The van der Waals surface area contributed by atoms with E-state index in [1.165, 1.54) is 6.92 Å². The number of carboxylic acid groups (broad SMARTS) is 1. The molecule has 2 aromatic rings. The maximum absolute atomic E-state index is 14.1. The smallest absolute Gasteiger partial charge is 0.341 e. The van der Waals surface area contributed by atoms with Gasteiger partial charge in [0.2, 0.25) is 5.91 Å². The minimum Gasteiger partial charge on any atom is -0.481 e. The lowest BCUT2D eigenvalue weighted by Crippen LogP contribution is -2.50. The zero-order chi connectivity index (χ0) is 22.8. The lowest BCUT2D eigenvalue weighted by molar-refractivity contribution is -0.139. The Kier molecular flexibility index (Phi) is 6.81. The van der Waals surface area contributed by atoms with Crippen LogP contribution in [0.2, 0.25) is 5.02 Å². The highest BCUT2D eigenvalue weighted by Crippen LogP contribution is 2.46. The van der Waals surface area contributed by atoms with Crippen LogP contribution < -0.4 is 10.1 Å². The third kappa shape index (κ3) is 5.71. The Bertz CT molecular complexity index is 1000. The van der Waals surface area contributed by atoms with Crippen molar-refractivity contribution in [3.8, 4) is 5.75 Å². The maximum Gasteiger partial charge on any atom is 0.341 e. The summed E-state index contributed by atoms with van der Waals surface area (Å²) in [5, 5.41) is 12.3. The molecule has 3 atom stereocenters. The van der Waals surface area contributed by atoms with Crippen LogP contribution in [0.1, 0.15) is 50.0 Å². The van der Waals surface area contributed by atoms with Crippen molar-refractivity contribution in [2.75, 3.05) is 6.61 Å². The van der Waals surface area contributed by atoms with Crippen LogP contribution in [0, 0.1) is 11.6 Å². The number of carbonyl (C=O) groups excluding carboxylic acids is 1. The van der Waals surface area contributed by atoms with E-state index < -0.39 is 42.0 Å². The summed E-state index contributed by atoms with van der Waals surface area (Å²) < 4.78 is 39.4. The molecule has 0 spiro atoms.